The molecule has 0 aliphatic carbocycles. The molecule has 0 saturated heterocycles. The molecule has 1 rings (SSSR count). The molecule has 0 radical (unpaired) electrons. The zero-order chi connectivity index (χ0) is 12.7. The topological polar surface area (TPSA) is 62.2 Å². The third-order valence-electron chi connectivity index (χ3n) is 2.29. The minimum atomic E-state index is -1.00. The summed E-state index contributed by atoms with van der Waals surface area (Å²) in [7, 11) is 0. The van der Waals surface area contributed by atoms with Crippen molar-refractivity contribution in [2.75, 3.05) is 5.32 Å². The molecule has 0 bridgehead atoms. The zero-order valence-corrected chi connectivity index (χ0v) is 10.2. The summed E-state index contributed by atoms with van der Waals surface area (Å²) in [6.45, 7) is 4.17. The van der Waals surface area contributed by atoms with Gasteiger partial charge in [-0.2, -0.15) is 0 Å². The first-order valence-electron chi connectivity index (χ1n) is 5.74. The number of hydrogen-bond acceptors (Lipinski definition) is 3. The smallest absolute Gasteiger partial charge is 0.354 e. The Balaban J connectivity index is 2.51. The number of allylic oxidation sites excluding steroid dienone is 1. The third kappa shape index (κ3) is 4.68. The van der Waals surface area contributed by atoms with Crippen molar-refractivity contribution >= 4 is 11.7 Å². The van der Waals surface area contributed by atoms with Crippen molar-refractivity contribution in [3.8, 4) is 0 Å². The first kappa shape index (κ1) is 13.2. The first-order valence-corrected chi connectivity index (χ1v) is 5.74. The lowest BCUT2D eigenvalue weighted by atomic mass is 10.2. The fourth-order valence-corrected chi connectivity index (χ4v) is 1.42. The second-order valence-electron chi connectivity index (χ2n) is 3.90. The SMILES string of the molecule is CC/C=C\CC(C)Nc1ccc(C(=O)O)nc1. The molecular weight excluding hydrogens is 216 g/mol. The summed E-state index contributed by atoms with van der Waals surface area (Å²) in [4.78, 5) is 14.5. The second kappa shape index (κ2) is 6.68. The Kier molecular flexibility index (Phi) is 5.20. The Labute approximate surface area is 101 Å². The molecule has 1 unspecified atom stereocenters. The molecule has 0 aliphatic rings. The van der Waals surface area contributed by atoms with Gasteiger partial charge in [-0.25, -0.2) is 9.78 Å². The van der Waals surface area contributed by atoms with Crippen LogP contribution in [-0.4, -0.2) is 22.1 Å². The van der Waals surface area contributed by atoms with Crippen molar-refractivity contribution in [3.05, 3.63) is 36.2 Å². The molecule has 1 aromatic rings. The molecule has 1 heterocycles. The van der Waals surface area contributed by atoms with Gasteiger partial charge in [0.15, 0.2) is 0 Å². The predicted octanol–water partition coefficient (Wildman–Crippen LogP) is 2.94. The van der Waals surface area contributed by atoms with Crippen LogP contribution in [0.25, 0.3) is 0 Å². The Bertz CT molecular complexity index is 385. The van der Waals surface area contributed by atoms with Gasteiger partial charge in [-0.1, -0.05) is 19.1 Å². The first-order chi connectivity index (χ1) is 8.13. The molecule has 17 heavy (non-hydrogen) atoms. The highest BCUT2D eigenvalue weighted by atomic mass is 16.4. The van der Waals surface area contributed by atoms with Gasteiger partial charge in [-0.05, 0) is 31.9 Å². The van der Waals surface area contributed by atoms with Gasteiger partial charge in [-0.3, -0.25) is 0 Å². The summed E-state index contributed by atoms with van der Waals surface area (Å²) < 4.78 is 0. The van der Waals surface area contributed by atoms with E-state index in [-0.39, 0.29) is 5.69 Å². The number of carboxylic acid groups (broad SMARTS) is 1. The Hall–Kier alpha value is -1.84. The maximum atomic E-state index is 10.6. The number of aromatic nitrogens is 1. The maximum Gasteiger partial charge on any atom is 0.354 e. The van der Waals surface area contributed by atoms with Crippen LogP contribution in [0.5, 0.6) is 0 Å². The lowest BCUT2D eigenvalue weighted by Gasteiger charge is -2.12. The van der Waals surface area contributed by atoms with Crippen LogP contribution < -0.4 is 5.32 Å². The van der Waals surface area contributed by atoms with E-state index in [4.69, 9.17) is 5.11 Å². The largest absolute Gasteiger partial charge is 0.477 e. The number of hydrogen-bond donors (Lipinski definition) is 2. The van der Waals surface area contributed by atoms with Crippen molar-refractivity contribution in [1.29, 1.82) is 0 Å². The van der Waals surface area contributed by atoms with E-state index in [9.17, 15) is 4.79 Å². The molecule has 0 fully saturated rings. The van der Waals surface area contributed by atoms with Crippen LogP contribution in [0.2, 0.25) is 0 Å². The van der Waals surface area contributed by atoms with Crippen molar-refractivity contribution in [2.45, 2.75) is 32.7 Å². The molecule has 1 aromatic heterocycles. The zero-order valence-electron chi connectivity index (χ0n) is 10.2. The third-order valence-corrected chi connectivity index (χ3v) is 2.29. The van der Waals surface area contributed by atoms with E-state index in [2.05, 4.69) is 36.3 Å². The van der Waals surface area contributed by atoms with E-state index in [1.54, 1.807) is 12.3 Å². The number of nitrogens with zero attached hydrogens (tertiary/aromatic N) is 1. The molecule has 0 amide bonds. The highest BCUT2D eigenvalue weighted by Gasteiger charge is 2.04. The number of rotatable bonds is 6. The van der Waals surface area contributed by atoms with Crippen LogP contribution in [0.1, 0.15) is 37.2 Å². The predicted molar refractivity (Wildman–Crippen MR) is 68.3 cm³/mol. The molecule has 0 aromatic carbocycles. The Morgan fingerprint density at radius 1 is 1.53 bits per heavy atom. The highest BCUT2D eigenvalue weighted by Crippen LogP contribution is 2.09. The maximum absolute atomic E-state index is 10.6. The van der Waals surface area contributed by atoms with E-state index >= 15 is 0 Å². The summed E-state index contributed by atoms with van der Waals surface area (Å²) in [5.74, 6) is -1.00. The molecule has 4 heteroatoms. The van der Waals surface area contributed by atoms with Crippen LogP contribution in [-0.2, 0) is 0 Å². The van der Waals surface area contributed by atoms with Gasteiger partial charge < -0.3 is 10.4 Å². The lowest BCUT2D eigenvalue weighted by molar-refractivity contribution is 0.0690. The van der Waals surface area contributed by atoms with Crippen LogP contribution >= 0.6 is 0 Å². The van der Waals surface area contributed by atoms with E-state index < -0.39 is 5.97 Å². The number of nitrogens with one attached hydrogen (secondary N) is 1. The summed E-state index contributed by atoms with van der Waals surface area (Å²) in [5, 5.41) is 12.0. The summed E-state index contributed by atoms with van der Waals surface area (Å²) in [6, 6.07) is 3.53. The minimum Gasteiger partial charge on any atom is -0.477 e. The molecule has 0 saturated carbocycles. The quantitative estimate of drug-likeness (QED) is 0.743. The molecule has 92 valence electrons. The normalized spacial score (nSPS) is 12.6. The second-order valence-corrected chi connectivity index (χ2v) is 3.90. The van der Waals surface area contributed by atoms with Crippen LogP contribution in [0.15, 0.2) is 30.5 Å². The molecule has 4 nitrogen and oxygen atoms in total. The van der Waals surface area contributed by atoms with Gasteiger partial charge in [0.25, 0.3) is 0 Å². The Morgan fingerprint density at radius 2 is 2.29 bits per heavy atom. The standard InChI is InChI=1S/C13H18N2O2/c1-3-4-5-6-10(2)15-11-7-8-12(13(16)17)14-9-11/h4-5,7-10,15H,3,6H2,1-2H3,(H,16,17)/b5-4-. The summed E-state index contributed by atoms with van der Waals surface area (Å²) in [5.41, 5.74) is 0.904. The molecule has 2 N–H and O–H groups in total. The van der Waals surface area contributed by atoms with Crippen LogP contribution in [0.4, 0.5) is 5.69 Å². The number of pyridine rings is 1. The van der Waals surface area contributed by atoms with Gasteiger partial charge in [-0.15, -0.1) is 0 Å². The van der Waals surface area contributed by atoms with Gasteiger partial charge in [0.1, 0.15) is 5.69 Å². The molecule has 1 atom stereocenters. The average Bonchev–Trinajstić information content (AvgIpc) is 2.30. The molecular formula is C13H18N2O2. The lowest BCUT2D eigenvalue weighted by Crippen LogP contribution is -2.14. The van der Waals surface area contributed by atoms with E-state index in [1.165, 1.54) is 6.07 Å². The minimum absolute atomic E-state index is 0.0640. The fraction of sp³-hybridized carbons (Fsp3) is 0.385. The average molecular weight is 234 g/mol. The highest BCUT2D eigenvalue weighted by molar-refractivity contribution is 5.85. The molecule has 0 aliphatic heterocycles. The van der Waals surface area contributed by atoms with E-state index in [0.717, 1.165) is 18.5 Å². The van der Waals surface area contributed by atoms with Gasteiger partial charge in [0, 0.05) is 6.04 Å². The van der Waals surface area contributed by atoms with Gasteiger partial charge in [0.2, 0.25) is 0 Å². The van der Waals surface area contributed by atoms with Crippen LogP contribution in [0.3, 0.4) is 0 Å². The van der Waals surface area contributed by atoms with Crippen LogP contribution in [0, 0.1) is 0 Å². The number of carboxylic acids is 1. The van der Waals surface area contributed by atoms with Crippen molar-refractivity contribution < 1.29 is 9.90 Å². The fourth-order valence-electron chi connectivity index (χ4n) is 1.42. The number of anilines is 1. The monoisotopic (exact) mass is 234 g/mol. The van der Waals surface area contributed by atoms with Crippen molar-refractivity contribution in [2.24, 2.45) is 0 Å². The summed E-state index contributed by atoms with van der Waals surface area (Å²) in [6.07, 6.45) is 7.79. The van der Waals surface area contributed by atoms with Crippen molar-refractivity contribution in [1.82, 2.24) is 4.98 Å². The summed E-state index contributed by atoms with van der Waals surface area (Å²) >= 11 is 0. The Morgan fingerprint density at radius 3 is 2.82 bits per heavy atom. The number of aromatic carboxylic acids is 1. The number of carbonyl (C=O) groups is 1. The molecule has 0 spiro atoms. The van der Waals surface area contributed by atoms with Gasteiger partial charge in [0.05, 0.1) is 11.9 Å². The van der Waals surface area contributed by atoms with Gasteiger partial charge >= 0.3 is 5.97 Å². The van der Waals surface area contributed by atoms with Crippen molar-refractivity contribution in [3.63, 3.8) is 0 Å². The van der Waals surface area contributed by atoms with E-state index in [1.807, 2.05) is 0 Å². The van der Waals surface area contributed by atoms with E-state index in [0.29, 0.717) is 6.04 Å².